The molecule has 0 N–H and O–H groups in total. The molecule has 0 aliphatic rings. The number of aromatic nitrogens is 2. The van der Waals surface area contributed by atoms with Gasteiger partial charge >= 0.3 is 0 Å². The van der Waals surface area contributed by atoms with Crippen molar-refractivity contribution in [2.75, 3.05) is 13.6 Å². The van der Waals surface area contributed by atoms with Crippen LogP contribution < -0.4 is 0 Å². The molecule has 19 heavy (non-hydrogen) atoms. The molecule has 2 heterocycles. The van der Waals surface area contributed by atoms with Crippen LogP contribution in [0.5, 0.6) is 0 Å². The molecule has 2 rings (SSSR count). The number of halogens is 1. The van der Waals surface area contributed by atoms with Crippen LogP contribution >= 0.6 is 22.9 Å². The Balaban J connectivity index is 2.16. The summed E-state index contributed by atoms with van der Waals surface area (Å²) in [5.74, 6) is 0.416. The molecule has 0 atom stereocenters. The monoisotopic (exact) mass is 297 g/mol. The Morgan fingerprint density at radius 3 is 3.05 bits per heavy atom. The van der Waals surface area contributed by atoms with Gasteiger partial charge in [-0.1, -0.05) is 25.4 Å². The molecule has 102 valence electrons. The van der Waals surface area contributed by atoms with Gasteiger partial charge in [-0.05, 0) is 12.0 Å². The Bertz CT molecular complexity index is 614. The molecule has 1 amide bonds. The minimum absolute atomic E-state index is 0.0325. The van der Waals surface area contributed by atoms with Crippen molar-refractivity contribution in [3.63, 3.8) is 0 Å². The number of thiazole rings is 1. The van der Waals surface area contributed by atoms with E-state index in [1.807, 2.05) is 16.0 Å². The maximum Gasteiger partial charge on any atom is 0.246 e. The van der Waals surface area contributed by atoms with Gasteiger partial charge in [0.05, 0.1) is 5.69 Å². The van der Waals surface area contributed by atoms with Crippen LogP contribution in [0.4, 0.5) is 0 Å². The Morgan fingerprint density at radius 2 is 2.37 bits per heavy atom. The quantitative estimate of drug-likeness (QED) is 0.813. The SMILES string of the molecule is CC(C)CN(C)C(=O)/C=C/c1c(Cl)nc2sccn12. The van der Waals surface area contributed by atoms with E-state index in [-0.39, 0.29) is 5.91 Å². The Morgan fingerprint density at radius 1 is 1.63 bits per heavy atom. The zero-order valence-electron chi connectivity index (χ0n) is 11.1. The van der Waals surface area contributed by atoms with E-state index in [2.05, 4.69) is 18.8 Å². The smallest absolute Gasteiger partial charge is 0.246 e. The molecule has 0 bridgehead atoms. The third kappa shape index (κ3) is 3.16. The second-order valence-corrected chi connectivity index (χ2v) is 6.02. The van der Waals surface area contributed by atoms with Crippen molar-refractivity contribution >= 4 is 39.9 Å². The fraction of sp³-hybridized carbons (Fsp3) is 0.385. The van der Waals surface area contributed by atoms with Crippen LogP contribution in [0.25, 0.3) is 11.0 Å². The summed E-state index contributed by atoms with van der Waals surface area (Å²) in [4.78, 5) is 18.7. The summed E-state index contributed by atoms with van der Waals surface area (Å²) >= 11 is 7.56. The van der Waals surface area contributed by atoms with Gasteiger partial charge < -0.3 is 4.90 Å². The first-order valence-electron chi connectivity index (χ1n) is 6.03. The summed E-state index contributed by atoms with van der Waals surface area (Å²) in [6.07, 6.45) is 5.14. The van der Waals surface area contributed by atoms with E-state index in [0.717, 1.165) is 17.2 Å². The average Bonchev–Trinajstić information content (AvgIpc) is 2.86. The zero-order valence-corrected chi connectivity index (χ0v) is 12.7. The highest BCUT2D eigenvalue weighted by molar-refractivity contribution is 7.15. The lowest BCUT2D eigenvalue weighted by molar-refractivity contribution is -0.125. The zero-order chi connectivity index (χ0) is 14.0. The third-order valence-corrected chi connectivity index (χ3v) is 3.69. The van der Waals surface area contributed by atoms with Crippen LogP contribution in [0.1, 0.15) is 19.5 Å². The summed E-state index contributed by atoms with van der Waals surface area (Å²) in [7, 11) is 1.80. The molecule has 0 saturated carbocycles. The number of carbonyl (C=O) groups is 1. The minimum Gasteiger partial charge on any atom is -0.342 e. The second kappa shape index (κ2) is 5.75. The minimum atomic E-state index is -0.0325. The topological polar surface area (TPSA) is 37.6 Å². The molecule has 2 aromatic rings. The van der Waals surface area contributed by atoms with Gasteiger partial charge in [-0.25, -0.2) is 4.98 Å². The molecule has 0 radical (unpaired) electrons. The van der Waals surface area contributed by atoms with Crippen molar-refractivity contribution in [1.82, 2.24) is 14.3 Å². The van der Waals surface area contributed by atoms with Crippen molar-refractivity contribution in [1.29, 1.82) is 0 Å². The van der Waals surface area contributed by atoms with E-state index in [4.69, 9.17) is 11.6 Å². The van der Waals surface area contributed by atoms with Crippen molar-refractivity contribution in [3.05, 3.63) is 28.5 Å². The molecule has 4 nitrogen and oxygen atoms in total. The molecule has 2 aromatic heterocycles. The van der Waals surface area contributed by atoms with Gasteiger partial charge in [-0.2, -0.15) is 0 Å². The summed E-state index contributed by atoms with van der Waals surface area (Å²) in [5.41, 5.74) is 0.740. The molecule has 0 aromatic carbocycles. The molecule has 0 aliphatic carbocycles. The lowest BCUT2D eigenvalue weighted by Gasteiger charge is -2.17. The van der Waals surface area contributed by atoms with E-state index in [0.29, 0.717) is 11.1 Å². The molecule has 0 saturated heterocycles. The molecular formula is C13H16ClN3OS. The number of hydrogen-bond acceptors (Lipinski definition) is 3. The largest absolute Gasteiger partial charge is 0.342 e. The summed E-state index contributed by atoms with van der Waals surface area (Å²) in [6.45, 7) is 4.89. The number of imidazole rings is 1. The van der Waals surface area contributed by atoms with Crippen molar-refractivity contribution in [2.24, 2.45) is 5.92 Å². The third-order valence-electron chi connectivity index (χ3n) is 2.65. The molecule has 0 aliphatic heterocycles. The molecular weight excluding hydrogens is 282 g/mol. The van der Waals surface area contributed by atoms with Crippen LogP contribution in [0.3, 0.4) is 0 Å². The Kier molecular flexibility index (Phi) is 4.27. The van der Waals surface area contributed by atoms with E-state index in [1.165, 1.54) is 17.4 Å². The highest BCUT2D eigenvalue weighted by Gasteiger charge is 2.10. The van der Waals surface area contributed by atoms with Gasteiger partial charge in [0.1, 0.15) is 0 Å². The van der Waals surface area contributed by atoms with Crippen LogP contribution in [0.15, 0.2) is 17.7 Å². The van der Waals surface area contributed by atoms with E-state index >= 15 is 0 Å². The van der Waals surface area contributed by atoms with Gasteiger partial charge in [0.15, 0.2) is 10.1 Å². The van der Waals surface area contributed by atoms with Crippen molar-refractivity contribution < 1.29 is 4.79 Å². The molecule has 6 heteroatoms. The molecule has 0 unspecified atom stereocenters. The molecule has 0 fully saturated rings. The van der Waals surface area contributed by atoms with Crippen LogP contribution in [-0.2, 0) is 4.79 Å². The number of nitrogens with zero attached hydrogens (tertiary/aromatic N) is 3. The maximum atomic E-state index is 11.9. The lowest BCUT2D eigenvalue weighted by Crippen LogP contribution is -2.28. The summed E-state index contributed by atoms with van der Waals surface area (Å²) in [6, 6.07) is 0. The van der Waals surface area contributed by atoms with Crippen molar-refractivity contribution in [3.8, 4) is 0 Å². The standard InChI is InChI=1S/C13H16ClN3OS/c1-9(2)8-16(3)11(18)5-4-10-12(14)15-13-17(10)6-7-19-13/h4-7,9H,8H2,1-3H3/b5-4+. The van der Waals surface area contributed by atoms with Crippen LogP contribution in [0, 0.1) is 5.92 Å². The first-order valence-corrected chi connectivity index (χ1v) is 7.29. The van der Waals surface area contributed by atoms with Gasteiger partial charge in [-0.15, -0.1) is 11.3 Å². The number of carbonyl (C=O) groups excluding carboxylic acids is 1. The number of fused-ring (bicyclic) bond motifs is 1. The van der Waals surface area contributed by atoms with Crippen LogP contribution in [0.2, 0.25) is 5.15 Å². The first kappa shape index (κ1) is 14.1. The number of amides is 1. The highest BCUT2D eigenvalue weighted by atomic mass is 35.5. The summed E-state index contributed by atoms with van der Waals surface area (Å²) in [5, 5.41) is 2.35. The Labute approximate surface area is 121 Å². The Hall–Kier alpha value is -1.33. The fourth-order valence-corrected chi connectivity index (χ4v) is 2.85. The van der Waals surface area contributed by atoms with E-state index < -0.39 is 0 Å². The predicted molar refractivity (Wildman–Crippen MR) is 79.6 cm³/mol. The highest BCUT2D eigenvalue weighted by Crippen LogP contribution is 2.22. The van der Waals surface area contributed by atoms with Gasteiger partial charge in [0, 0.05) is 31.2 Å². The lowest BCUT2D eigenvalue weighted by atomic mass is 10.2. The summed E-state index contributed by atoms with van der Waals surface area (Å²) < 4.78 is 1.87. The molecule has 0 spiro atoms. The van der Waals surface area contributed by atoms with E-state index in [9.17, 15) is 4.79 Å². The fourth-order valence-electron chi connectivity index (χ4n) is 1.84. The van der Waals surface area contributed by atoms with Gasteiger partial charge in [0.2, 0.25) is 5.91 Å². The van der Waals surface area contributed by atoms with E-state index in [1.54, 1.807) is 18.0 Å². The number of rotatable bonds is 4. The second-order valence-electron chi connectivity index (χ2n) is 4.79. The van der Waals surface area contributed by atoms with Gasteiger partial charge in [-0.3, -0.25) is 9.20 Å². The predicted octanol–water partition coefficient (Wildman–Crippen LogP) is 3.18. The normalized spacial score (nSPS) is 11.8. The first-order chi connectivity index (χ1) is 8.99. The number of hydrogen-bond donors (Lipinski definition) is 0. The number of likely N-dealkylation sites (N-methyl/N-ethyl adjacent to an activating group) is 1. The van der Waals surface area contributed by atoms with Crippen molar-refractivity contribution in [2.45, 2.75) is 13.8 Å². The maximum absolute atomic E-state index is 11.9. The van der Waals surface area contributed by atoms with Gasteiger partial charge in [0.25, 0.3) is 0 Å². The van der Waals surface area contributed by atoms with Crippen LogP contribution in [-0.4, -0.2) is 33.8 Å². The average molecular weight is 298 g/mol.